The summed E-state index contributed by atoms with van der Waals surface area (Å²) in [6.45, 7) is 8.46. The van der Waals surface area contributed by atoms with Crippen molar-refractivity contribution in [3.05, 3.63) is 51.8 Å². The number of ether oxygens (including phenoxy) is 3. The molecule has 0 unspecified atom stereocenters. The summed E-state index contributed by atoms with van der Waals surface area (Å²) in [5, 5.41) is 16.8. The molecule has 2 aromatic heterocycles. The predicted octanol–water partition coefficient (Wildman–Crippen LogP) is 5.56. The van der Waals surface area contributed by atoms with E-state index in [0.29, 0.717) is 39.4 Å². The number of H-pyrrole nitrogens is 2. The molecule has 0 atom stereocenters. The standard InChI is InChI=1S/C27H31N3O5/c1-13(2)17-8-15(9-18(14(3)4)25(17)35-7)19-12-20-26(29-30-27(20)32)28-24(19)23-21(31)10-16(33-5)11-22(23)34-6/h8-14,31H,1-7H3,(H2,28,29,30,32). The molecular weight excluding hydrogens is 446 g/mol. The lowest BCUT2D eigenvalue weighted by molar-refractivity contribution is 0.386. The Morgan fingerprint density at radius 3 is 2.06 bits per heavy atom. The van der Waals surface area contributed by atoms with Crippen molar-refractivity contribution < 1.29 is 19.3 Å². The van der Waals surface area contributed by atoms with Gasteiger partial charge < -0.3 is 19.3 Å². The number of nitrogens with one attached hydrogen (secondary N) is 2. The molecule has 0 saturated carbocycles. The Labute approximate surface area is 203 Å². The van der Waals surface area contributed by atoms with E-state index in [-0.39, 0.29) is 23.1 Å². The molecule has 2 aromatic carbocycles. The van der Waals surface area contributed by atoms with Crippen molar-refractivity contribution in [1.82, 2.24) is 15.2 Å². The number of aromatic amines is 2. The van der Waals surface area contributed by atoms with Crippen molar-refractivity contribution in [3.8, 4) is 45.4 Å². The average Bonchev–Trinajstić information content (AvgIpc) is 3.21. The summed E-state index contributed by atoms with van der Waals surface area (Å²) in [4.78, 5) is 17.3. The maximum atomic E-state index is 12.5. The molecule has 3 N–H and O–H groups in total. The molecule has 0 aliphatic carbocycles. The minimum atomic E-state index is -0.270. The normalized spacial score (nSPS) is 11.5. The second-order valence-electron chi connectivity index (χ2n) is 9.08. The van der Waals surface area contributed by atoms with E-state index >= 15 is 0 Å². The molecule has 4 rings (SSSR count). The first-order chi connectivity index (χ1) is 16.7. The van der Waals surface area contributed by atoms with E-state index in [4.69, 9.17) is 19.2 Å². The number of methoxy groups -OCH3 is 3. The molecule has 4 aromatic rings. The molecule has 0 fully saturated rings. The highest BCUT2D eigenvalue weighted by Gasteiger charge is 2.24. The Morgan fingerprint density at radius 2 is 1.51 bits per heavy atom. The van der Waals surface area contributed by atoms with Crippen molar-refractivity contribution in [3.63, 3.8) is 0 Å². The maximum Gasteiger partial charge on any atom is 0.273 e. The number of hydrogen-bond acceptors (Lipinski definition) is 6. The molecule has 8 heteroatoms. The van der Waals surface area contributed by atoms with Crippen molar-refractivity contribution in [2.75, 3.05) is 21.3 Å². The minimum Gasteiger partial charge on any atom is -0.507 e. The van der Waals surface area contributed by atoms with Gasteiger partial charge in [-0.1, -0.05) is 27.7 Å². The van der Waals surface area contributed by atoms with Gasteiger partial charge in [-0.25, -0.2) is 4.98 Å². The number of rotatable bonds is 7. The van der Waals surface area contributed by atoms with Crippen LogP contribution in [0.4, 0.5) is 0 Å². The summed E-state index contributed by atoms with van der Waals surface area (Å²) in [5.41, 5.74) is 4.63. The highest BCUT2D eigenvalue weighted by atomic mass is 16.5. The Bertz CT molecular complexity index is 1420. The number of phenols is 1. The van der Waals surface area contributed by atoms with E-state index in [1.165, 1.54) is 20.3 Å². The molecule has 35 heavy (non-hydrogen) atoms. The van der Waals surface area contributed by atoms with Gasteiger partial charge in [0.25, 0.3) is 5.56 Å². The van der Waals surface area contributed by atoms with Crippen LogP contribution >= 0.6 is 0 Å². The number of pyridine rings is 1. The smallest absolute Gasteiger partial charge is 0.273 e. The zero-order valence-corrected chi connectivity index (χ0v) is 21.1. The molecule has 0 aliphatic rings. The first kappa shape index (κ1) is 24.2. The van der Waals surface area contributed by atoms with Gasteiger partial charge in [-0.3, -0.25) is 15.0 Å². The molecule has 184 valence electrons. The van der Waals surface area contributed by atoms with Crippen LogP contribution in [0.15, 0.2) is 35.1 Å². The van der Waals surface area contributed by atoms with Crippen LogP contribution in [0.25, 0.3) is 33.4 Å². The van der Waals surface area contributed by atoms with Gasteiger partial charge in [0, 0.05) is 17.7 Å². The summed E-state index contributed by atoms with van der Waals surface area (Å²) in [6, 6.07) is 9.13. The maximum absolute atomic E-state index is 12.5. The van der Waals surface area contributed by atoms with E-state index in [1.807, 2.05) is 0 Å². The molecule has 2 heterocycles. The van der Waals surface area contributed by atoms with Crippen LogP contribution < -0.4 is 19.8 Å². The van der Waals surface area contributed by atoms with E-state index in [0.717, 1.165) is 22.4 Å². The summed E-state index contributed by atoms with van der Waals surface area (Å²) in [5.74, 6) is 2.06. The van der Waals surface area contributed by atoms with Gasteiger partial charge in [-0.2, -0.15) is 0 Å². The van der Waals surface area contributed by atoms with Gasteiger partial charge in [0.1, 0.15) is 23.0 Å². The third-order valence-electron chi connectivity index (χ3n) is 6.21. The third kappa shape index (κ3) is 4.20. The molecule has 0 bridgehead atoms. The van der Waals surface area contributed by atoms with Crippen molar-refractivity contribution >= 4 is 11.0 Å². The molecule has 8 nitrogen and oxygen atoms in total. The van der Waals surface area contributed by atoms with Crippen LogP contribution in [0.3, 0.4) is 0 Å². The number of fused-ring (bicyclic) bond motifs is 1. The van der Waals surface area contributed by atoms with Crippen LogP contribution in [0.1, 0.15) is 50.7 Å². The van der Waals surface area contributed by atoms with Crippen LogP contribution in [0, 0.1) is 0 Å². The Hall–Kier alpha value is -3.94. The van der Waals surface area contributed by atoms with E-state index in [2.05, 4.69) is 50.0 Å². The summed E-state index contributed by atoms with van der Waals surface area (Å²) < 4.78 is 16.7. The lowest BCUT2D eigenvalue weighted by Gasteiger charge is -2.21. The molecule has 0 amide bonds. The summed E-state index contributed by atoms with van der Waals surface area (Å²) >= 11 is 0. The van der Waals surface area contributed by atoms with Crippen LogP contribution in [0.2, 0.25) is 0 Å². The third-order valence-corrected chi connectivity index (χ3v) is 6.21. The highest BCUT2D eigenvalue weighted by molar-refractivity contribution is 5.93. The topological polar surface area (TPSA) is 109 Å². The molecule has 0 saturated heterocycles. The Morgan fingerprint density at radius 1 is 0.857 bits per heavy atom. The number of aromatic nitrogens is 3. The fourth-order valence-electron chi connectivity index (χ4n) is 4.39. The average molecular weight is 478 g/mol. The second-order valence-corrected chi connectivity index (χ2v) is 9.08. The molecule has 0 spiro atoms. The van der Waals surface area contributed by atoms with Crippen molar-refractivity contribution in [1.29, 1.82) is 0 Å². The largest absolute Gasteiger partial charge is 0.507 e. The number of hydrogen-bond donors (Lipinski definition) is 3. The lowest BCUT2D eigenvalue weighted by Crippen LogP contribution is -2.03. The molecule has 0 radical (unpaired) electrons. The fraction of sp³-hybridized carbons (Fsp3) is 0.333. The number of aromatic hydroxyl groups is 1. The van der Waals surface area contributed by atoms with E-state index in [9.17, 15) is 9.90 Å². The Balaban J connectivity index is 2.13. The first-order valence-corrected chi connectivity index (χ1v) is 11.5. The van der Waals surface area contributed by atoms with Gasteiger partial charge in [-0.15, -0.1) is 0 Å². The second kappa shape index (κ2) is 9.37. The minimum absolute atomic E-state index is 0.0474. The zero-order chi connectivity index (χ0) is 25.4. The first-order valence-electron chi connectivity index (χ1n) is 11.5. The monoisotopic (exact) mass is 477 g/mol. The van der Waals surface area contributed by atoms with E-state index in [1.54, 1.807) is 19.2 Å². The molecular formula is C27H31N3O5. The van der Waals surface area contributed by atoms with Gasteiger partial charge in [0.2, 0.25) is 0 Å². The predicted molar refractivity (Wildman–Crippen MR) is 137 cm³/mol. The fourth-order valence-corrected chi connectivity index (χ4v) is 4.39. The van der Waals surface area contributed by atoms with Gasteiger partial charge in [-0.05, 0) is 46.7 Å². The van der Waals surface area contributed by atoms with E-state index < -0.39 is 0 Å². The number of nitrogens with zero attached hydrogens (tertiary/aromatic N) is 1. The lowest BCUT2D eigenvalue weighted by atomic mass is 9.88. The van der Waals surface area contributed by atoms with Gasteiger partial charge >= 0.3 is 0 Å². The van der Waals surface area contributed by atoms with Crippen molar-refractivity contribution in [2.24, 2.45) is 0 Å². The van der Waals surface area contributed by atoms with Gasteiger partial charge in [0.05, 0.1) is 38.0 Å². The summed E-state index contributed by atoms with van der Waals surface area (Å²) in [7, 11) is 4.73. The van der Waals surface area contributed by atoms with Crippen LogP contribution in [-0.4, -0.2) is 41.6 Å². The zero-order valence-electron chi connectivity index (χ0n) is 21.1. The van der Waals surface area contributed by atoms with Crippen molar-refractivity contribution in [2.45, 2.75) is 39.5 Å². The summed E-state index contributed by atoms with van der Waals surface area (Å²) in [6.07, 6.45) is 0. The van der Waals surface area contributed by atoms with Gasteiger partial charge in [0.15, 0.2) is 5.65 Å². The number of phenolic OH excluding ortho intramolecular Hbond substituents is 1. The SMILES string of the molecule is COc1cc(O)c(-c2nc3[nH][nH]c(=O)c3cc2-c2cc(C(C)C)c(OC)c(C(C)C)c2)c(OC)c1. The quantitative estimate of drug-likeness (QED) is 0.321. The Kier molecular flexibility index (Phi) is 6.47. The van der Waals surface area contributed by atoms with Crippen LogP contribution in [-0.2, 0) is 0 Å². The molecule has 0 aliphatic heterocycles. The van der Waals surface area contributed by atoms with Crippen LogP contribution in [0.5, 0.6) is 23.0 Å². The highest BCUT2D eigenvalue weighted by Crippen LogP contribution is 2.46. The number of benzene rings is 2.